The summed E-state index contributed by atoms with van der Waals surface area (Å²) in [6.07, 6.45) is 1.82. The molecule has 23 heavy (non-hydrogen) atoms. The minimum atomic E-state index is -0.495. The minimum absolute atomic E-state index is 0.000619. The molecule has 0 radical (unpaired) electrons. The molecule has 120 valence electrons. The van der Waals surface area contributed by atoms with Gasteiger partial charge in [-0.3, -0.25) is 0 Å². The predicted octanol–water partition coefficient (Wildman–Crippen LogP) is 3.91. The molecule has 0 amide bonds. The molecule has 0 saturated carbocycles. The third-order valence-electron chi connectivity index (χ3n) is 3.25. The van der Waals surface area contributed by atoms with Crippen molar-refractivity contribution in [3.05, 3.63) is 51.6 Å². The maximum absolute atomic E-state index is 11.5. The Morgan fingerprint density at radius 2 is 2.00 bits per heavy atom. The van der Waals surface area contributed by atoms with Gasteiger partial charge in [0.05, 0.1) is 25.5 Å². The molecule has 2 aromatic rings. The topological polar surface area (TPSA) is 68.7 Å². The summed E-state index contributed by atoms with van der Waals surface area (Å²) in [7, 11) is 2.85. The molecule has 0 spiro atoms. The van der Waals surface area contributed by atoms with Gasteiger partial charge >= 0.3 is 5.97 Å². The number of methoxy groups -OCH3 is 2. The van der Waals surface area contributed by atoms with E-state index < -0.39 is 5.97 Å². The normalized spacial score (nSPS) is 11.2. The molecule has 6 heteroatoms. The summed E-state index contributed by atoms with van der Waals surface area (Å²) in [6, 6.07) is 8.24. The first-order chi connectivity index (χ1) is 11.0. The van der Waals surface area contributed by atoms with Gasteiger partial charge in [0.1, 0.15) is 5.75 Å². The van der Waals surface area contributed by atoms with Crippen LogP contribution in [0.3, 0.4) is 0 Å². The molecule has 0 aliphatic carbocycles. The first-order valence-electron chi connectivity index (χ1n) is 6.76. The van der Waals surface area contributed by atoms with Gasteiger partial charge in [0.25, 0.3) is 0 Å². The number of aromatic nitrogens is 1. The highest BCUT2D eigenvalue weighted by atomic mass is 79.9. The molecular weight excluding hydrogens is 362 g/mol. The monoisotopic (exact) mass is 377 g/mol. The second-order valence-corrected chi connectivity index (χ2v) is 5.63. The molecule has 0 bridgehead atoms. The van der Waals surface area contributed by atoms with Gasteiger partial charge in [0.2, 0.25) is 5.88 Å². The molecule has 0 saturated heterocycles. The third-order valence-corrected chi connectivity index (χ3v) is 3.92. The molecule has 0 unspecified atom stereocenters. The van der Waals surface area contributed by atoms with E-state index >= 15 is 0 Å². The number of ether oxygens (including phenoxy) is 2. The zero-order valence-corrected chi connectivity index (χ0v) is 14.5. The van der Waals surface area contributed by atoms with Gasteiger partial charge in [0.15, 0.2) is 0 Å². The third kappa shape index (κ3) is 3.90. The Morgan fingerprint density at radius 1 is 1.26 bits per heavy atom. The lowest BCUT2D eigenvalue weighted by Crippen LogP contribution is -2.01. The average Bonchev–Trinajstić information content (AvgIpc) is 2.55. The summed E-state index contributed by atoms with van der Waals surface area (Å²) in [5.74, 6) is 0.00358. The molecule has 0 atom stereocenters. The van der Waals surface area contributed by atoms with Crippen LogP contribution in [0.25, 0.3) is 11.6 Å². The van der Waals surface area contributed by atoms with Crippen LogP contribution >= 0.6 is 15.9 Å². The Kier molecular flexibility index (Phi) is 5.39. The summed E-state index contributed by atoms with van der Waals surface area (Å²) in [5, 5.41) is 10.1. The van der Waals surface area contributed by atoms with Crippen molar-refractivity contribution in [1.82, 2.24) is 4.98 Å². The summed E-state index contributed by atoms with van der Waals surface area (Å²) in [6.45, 7) is 1.85. The lowest BCUT2D eigenvalue weighted by molar-refractivity contribution is 0.0600. The molecule has 5 nitrogen and oxygen atoms in total. The zero-order valence-electron chi connectivity index (χ0n) is 13.0. The second kappa shape index (κ2) is 7.28. The van der Waals surface area contributed by atoms with Gasteiger partial charge in [0, 0.05) is 16.1 Å². The molecular formula is C17H16BrNO4. The van der Waals surface area contributed by atoms with E-state index in [0.717, 1.165) is 10.0 Å². The van der Waals surface area contributed by atoms with Crippen LogP contribution in [0.5, 0.6) is 11.6 Å². The molecule has 1 N–H and O–H groups in total. The van der Waals surface area contributed by atoms with Gasteiger partial charge in [-0.25, -0.2) is 9.78 Å². The van der Waals surface area contributed by atoms with E-state index in [0.29, 0.717) is 22.7 Å². The van der Waals surface area contributed by atoms with Gasteiger partial charge in [-0.1, -0.05) is 6.07 Å². The maximum Gasteiger partial charge on any atom is 0.337 e. The SMILES string of the molecule is COC(=O)c1ccc(/C(C)=C/c2nc(OC)ccc2Br)c(O)c1. The lowest BCUT2D eigenvalue weighted by Gasteiger charge is -2.08. The number of phenolic OH excluding ortho intramolecular Hbond substituents is 1. The summed E-state index contributed by atoms with van der Waals surface area (Å²) >= 11 is 3.43. The number of carbonyl (C=O) groups is 1. The van der Waals surface area contributed by atoms with Crippen LogP contribution in [0.2, 0.25) is 0 Å². The summed E-state index contributed by atoms with van der Waals surface area (Å²) < 4.78 is 10.6. The molecule has 1 aromatic carbocycles. The minimum Gasteiger partial charge on any atom is -0.507 e. The molecule has 2 rings (SSSR count). The van der Waals surface area contributed by atoms with E-state index in [-0.39, 0.29) is 5.75 Å². The number of esters is 1. The number of rotatable bonds is 4. The number of nitrogens with zero attached hydrogens (tertiary/aromatic N) is 1. The number of pyridine rings is 1. The van der Waals surface area contributed by atoms with Gasteiger partial charge in [-0.2, -0.15) is 0 Å². The highest BCUT2D eigenvalue weighted by Gasteiger charge is 2.11. The Morgan fingerprint density at radius 3 is 2.61 bits per heavy atom. The molecule has 0 aliphatic heterocycles. The van der Waals surface area contributed by atoms with Crippen LogP contribution in [0.1, 0.15) is 28.5 Å². The second-order valence-electron chi connectivity index (χ2n) is 4.77. The number of phenols is 1. The molecule has 1 aromatic heterocycles. The number of hydrogen-bond donors (Lipinski definition) is 1. The number of hydrogen-bond acceptors (Lipinski definition) is 5. The Bertz CT molecular complexity index is 771. The van der Waals surface area contributed by atoms with Gasteiger partial charge < -0.3 is 14.6 Å². The van der Waals surface area contributed by atoms with E-state index in [2.05, 4.69) is 25.7 Å². The van der Waals surface area contributed by atoms with Crippen LogP contribution in [-0.4, -0.2) is 30.3 Å². The lowest BCUT2D eigenvalue weighted by atomic mass is 10.0. The fourth-order valence-corrected chi connectivity index (χ4v) is 2.38. The van der Waals surface area contributed by atoms with Crippen molar-refractivity contribution in [3.8, 4) is 11.6 Å². The summed E-state index contributed by atoms with van der Waals surface area (Å²) in [5.41, 5.74) is 2.37. The Hall–Kier alpha value is -2.34. The van der Waals surface area contributed by atoms with Crippen molar-refractivity contribution >= 4 is 33.5 Å². The maximum atomic E-state index is 11.5. The summed E-state index contributed by atoms with van der Waals surface area (Å²) in [4.78, 5) is 15.8. The van der Waals surface area contributed by atoms with Crippen LogP contribution in [-0.2, 0) is 4.74 Å². The number of carbonyl (C=O) groups excluding carboxylic acids is 1. The van der Waals surface area contributed by atoms with Crippen molar-refractivity contribution in [2.75, 3.05) is 14.2 Å². The van der Waals surface area contributed by atoms with Crippen molar-refractivity contribution in [2.45, 2.75) is 6.92 Å². The van der Waals surface area contributed by atoms with E-state index in [1.165, 1.54) is 13.2 Å². The van der Waals surface area contributed by atoms with Crippen molar-refractivity contribution in [1.29, 1.82) is 0 Å². The number of allylic oxidation sites excluding steroid dienone is 1. The Balaban J connectivity index is 2.40. The van der Waals surface area contributed by atoms with E-state index in [1.807, 2.05) is 19.1 Å². The van der Waals surface area contributed by atoms with E-state index in [1.54, 1.807) is 25.3 Å². The fourth-order valence-electron chi connectivity index (χ4n) is 2.05. The standard InChI is InChI=1S/C17H16BrNO4/c1-10(8-14-13(18)6-7-16(19-14)22-2)12-5-4-11(9-15(12)20)17(21)23-3/h4-9,20H,1-3H3/b10-8+. The largest absolute Gasteiger partial charge is 0.507 e. The number of benzene rings is 1. The number of aromatic hydroxyl groups is 1. The average molecular weight is 378 g/mol. The van der Waals surface area contributed by atoms with E-state index in [4.69, 9.17) is 4.74 Å². The van der Waals surface area contributed by atoms with Gasteiger partial charge in [-0.15, -0.1) is 0 Å². The highest BCUT2D eigenvalue weighted by Crippen LogP contribution is 2.29. The fraction of sp³-hybridized carbons (Fsp3) is 0.176. The predicted molar refractivity (Wildman–Crippen MR) is 91.5 cm³/mol. The first kappa shape index (κ1) is 17.0. The number of halogens is 1. The van der Waals surface area contributed by atoms with Crippen LogP contribution in [0.4, 0.5) is 0 Å². The molecule has 0 fully saturated rings. The Labute approximate surface area is 142 Å². The van der Waals surface area contributed by atoms with Crippen LogP contribution < -0.4 is 4.74 Å². The van der Waals surface area contributed by atoms with Crippen LogP contribution in [0, 0.1) is 0 Å². The van der Waals surface area contributed by atoms with Crippen molar-refractivity contribution in [2.24, 2.45) is 0 Å². The quantitative estimate of drug-likeness (QED) is 0.818. The molecule has 1 heterocycles. The van der Waals surface area contributed by atoms with E-state index in [9.17, 15) is 9.90 Å². The van der Waals surface area contributed by atoms with Crippen LogP contribution in [0.15, 0.2) is 34.8 Å². The smallest absolute Gasteiger partial charge is 0.337 e. The first-order valence-corrected chi connectivity index (χ1v) is 7.56. The van der Waals surface area contributed by atoms with Crippen molar-refractivity contribution in [3.63, 3.8) is 0 Å². The van der Waals surface area contributed by atoms with Gasteiger partial charge in [-0.05, 0) is 52.7 Å². The van der Waals surface area contributed by atoms with Crippen molar-refractivity contribution < 1.29 is 19.4 Å². The highest BCUT2D eigenvalue weighted by molar-refractivity contribution is 9.10. The zero-order chi connectivity index (χ0) is 17.0. The molecule has 0 aliphatic rings.